The maximum absolute atomic E-state index is 12.8. The van der Waals surface area contributed by atoms with Gasteiger partial charge in [0.15, 0.2) is 5.79 Å². The predicted octanol–water partition coefficient (Wildman–Crippen LogP) is 4.16. The molecule has 9 heteroatoms. The van der Waals surface area contributed by atoms with Crippen LogP contribution in [0.15, 0.2) is 89.8 Å². The highest BCUT2D eigenvalue weighted by Gasteiger charge is 2.52. The average Bonchev–Trinajstić information content (AvgIpc) is 3.23. The third-order valence-corrected chi connectivity index (χ3v) is 13.5. The lowest BCUT2D eigenvalue weighted by Crippen LogP contribution is -2.67. The van der Waals surface area contributed by atoms with Crippen molar-refractivity contribution in [3.63, 3.8) is 0 Å². The van der Waals surface area contributed by atoms with E-state index in [1.165, 1.54) is 12.1 Å². The minimum absolute atomic E-state index is 0.0292. The molecule has 3 aromatic carbocycles. The topological polar surface area (TPSA) is 91.3 Å². The molecule has 0 saturated carbocycles. The molecule has 3 atom stereocenters. The predicted molar refractivity (Wildman–Crippen MR) is 158 cm³/mol. The van der Waals surface area contributed by atoms with Crippen molar-refractivity contribution in [2.75, 3.05) is 13.2 Å². The van der Waals surface area contributed by atoms with Crippen LogP contribution in [0.1, 0.15) is 40.2 Å². The SMILES string of the molecule is Cc1ccc(S(=O)(=O)OC[C@@H]2OC(C)(C)O[C@@H]2[C@H](O)CO[Si](c2ccccc2)(c2ccccc2)C(C)(C)C)cc1. The molecule has 1 aliphatic rings. The minimum Gasteiger partial charge on any atom is -0.405 e. The minimum atomic E-state index is -4.02. The fraction of sp³-hybridized carbons (Fsp3) is 0.419. The van der Waals surface area contributed by atoms with Crippen molar-refractivity contribution in [1.82, 2.24) is 0 Å². The fourth-order valence-corrected chi connectivity index (χ4v) is 10.8. The van der Waals surface area contributed by atoms with Crippen LogP contribution in [0.2, 0.25) is 5.04 Å². The van der Waals surface area contributed by atoms with Crippen LogP contribution < -0.4 is 10.4 Å². The van der Waals surface area contributed by atoms with Crippen LogP contribution in [0, 0.1) is 6.92 Å². The van der Waals surface area contributed by atoms with E-state index in [0.717, 1.165) is 15.9 Å². The van der Waals surface area contributed by atoms with E-state index in [1.807, 2.05) is 43.3 Å². The van der Waals surface area contributed by atoms with Gasteiger partial charge < -0.3 is 19.0 Å². The molecule has 0 unspecified atom stereocenters. The Kier molecular flexibility index (Phi) is 9.06. The van der Waals surface area contributed by atoms with Crippen molar-refractivity contribution in [2.24, 2.45) is 0 Å². The summed E-state index contributed by atoms with van der Waals surface area (Å²) in [5, 5.41) is 13.4. The summed E-state index contributed by atoms with van der Waals surface area (Å²) in [6, 6.07) is 26.7. The van der Waals surface area contributed by atoms with Gasteiger partial charge in [-0.15, -0.1) is 0 Å². The Bertz CT molecular complexity index is 1310. The van der Waals surface area contributed by atoms with Gasteiger partial charge in [0, 0.05) is 0 Å². The molecule has 1 heterocycles. The maximum Gasteiger partial charge on any atom is 0.297 e. The summed E-state index contributed by atoms with van der Waals surface area (Å²) in [6.45, 7) is 11.5. The molecule has 1 aliphatic heterocycles. The smallest absolute Gasteiger partial charge is 0.297 e. The number of rotatable bonds is 10. The Balaban J connectivity index is 1.57. The zero-order valence-corrected chi connectivity index (χ0v) is 25.9. The van der Waals surface area contributed by atoms with Crippen LogP contribution in [-0.4, -0.2) is 59.2 Å². The van der Waals surface area contributed by atoms with E-state index < -0.39 is 42.5 Å². The van der Waals surface area contributed by atoms with E-state index in [2.05, 4.69) is 45.0 Å². The molecule has 0 radical (unpaired) electrons. The van der Waals surface area contributed by atoms with Gasteiger partial charge in [-0.05, 0) is 48.3 Å². The van der Waals surface area contributed by atoms with Gasteiger partial charge >= 0.3 is 0 Å². The number of hydrogen-bond donors (Lipinski definition) is 1. The first kappa shape index (κ1) is 30.6. The Morgan fingerprint density at radius 1 is 0.900 bits per heavy atom. The summed E-state index contributed by atoms with van der Waals surface area (Å²) in [4.78, 5) is 0.0587. The molecular formula is C31H40O7SSi. The summed E-state index contributed by atoms with van der Waals surface area (Å²) in [5.41, 5.74) is 0.942. The van der Waals surface area contributed by atoms with E-state index in [4.69, 9.17) is 18.1 Å². The highest BCUT2D eigenvalue weighted by atomic mass is 32.2. The number of aliphatic hydroxyl groups is 1. The van der Waals surface area contributed by atoms with E-state index in [0.29, 0.717) is 0 Å². The lowest BCUT2D eigenvalue weighted by molar-refractivity contribution is -0.158. The molecule has 0 spiro atoms. The van der Waals surface area contributed by atoms with Crippen molar-refractivity contribution < 1.29 is 31.6 Å². The number of aryl methyl sites for hydroxylation is 1. The molecule has 0 aliphatic carbocycles. The van der Waals surface area contributed by atoms with Crippen LogP contribution in [0.4, 0.5) is 0 Å². The largest absolute Gasteiger partial charge is 0.405 e. The summed E-state index contributed by atoms with van der Waals surface area (Å²) in [6.07, 6.45) is -2.78. The highest BCUT2D eigenvalue weighted by Crippen LogP contribution is 2.38. The summed E-state index contributed by atoms with van der Waals surface area (Å²) >= 11 is 0. The lowest BCUT2D eigenvalue weighted by Gasteiger charge is -2.43. The molecule has 216 valence electrons. The Labute approximate surface area is 239 Å². The number of ether oxygens (including phenoxy) is 2. The van der Waals surface area contributed by atoms with Gasteiger partial charge in [-0.25, -0.2) is 0 Å². The molecule has 1 fully saturated rings. The fourth-order valence-electron chi connectivity index (χ4n) is 5.31. The van der Waals surface area contributed by atoms with Crippen molar-refractivity contribution in [1.29, 1.82) is 0 Å². The van der Waals surface area contributed by atoms with E-state index in [1.54, 1.807) is 26.0 Å². The quantitative estimate of drug-likeness (QED) is 0.283. The molecule has 0 aromatic heterocycles. The van der Waals surface area contributed by atoms with E-state index >= 15 is 0 Å². The Hall–Kier alpha value is -2.37. The second kappa shape index (κ2) is 11.9. The maximum atomic E-state index is 12.8. The molecular weight excluding hydrogens is 544 g/mol. The zero-order chi connectivity index (χ0) is 29.2. The van der Waals surface area contributed by atoms with E-state index in [-0.39, 0.29) is 23.1 Å². The van der Waals surface area contributed by atoms with Gasteiger partial charge in [0.1, 0.15) is 18.3 Å². The van der Waals surface area contributed by atoms with Gasteiger partial charge in [-0.3, -0.25) is 4.18 Å². The second-order valence-corrected chi connectivity index (χ2v) is 17.7. The Morgan fingerprint density at radius 3 is 1.93 bits per heavy atom. The first-order valence-corrected chi connectivity index (χ1v) is 16.8. The van der Waals surface area contributed by atoms with Crippen LogP contribution >= 0.6 is 0 Å². The van der Waals surface area contributed by atoms with Crippen molar-refractivity contribution in [2.45, 2.75) is 75.6 Å². The van der Waals surface area contributed by atoms with Gasteiger partial charge in [-0.1, -0.05) is 99.1 Å². The van der Waals surface area contributed by atoms with Gasteiger partial charge in [-0.2, -0.15) is 8.42 Å². The first-order chi connectivity index (χ1) is 18.8. The van der Waals surface area contributed by atoms with Crippen molar-refractivity contribution in [3.05, 3.63) is 90.5 Å². The van der Waals surface area contributed by atoms with Crippen molar-refractivity contribution in [3.8, 4) is 0 Å². The van der Waals surface area contributed by atoms with Gasteiger partial charge in [0.05, 0.1) is 18.1 Å². The van der Waals surface area contributed by atoms with Crippen LogP contribution in [0.25, 0.3) is 0 Å². The van der Waals surface area contributed by atoms with E-state index in [9.17, 15) is 13.5 Å². The standard InChI is InChI=1S/C31H40O7SSi/c1-23-17-19-24(20-18-23)39(33,34)35-22-28-29(38-31(5,6)37-28)27(32)21-36-40(30(2,3)4,25-13-9-7-10-14-25)26-15-11-8-12-16-26/h7-20,27-29,32H,21-22H2,1-6H3/t27-,28+,29-/m1/s1. The zero-order valence-electron chi connectivity index (χ0n) is 24.0. The average molecular weight is 585 g/mol. The van der Waals surface area contributed by atoms with Crippen molar-refractivity contribution >= 4 is 28.8 Å². The molecule has 7 nitrogen and oxygen atoms in total. The van der Waals surface area contributed by atoms with Crippen LogP contribution in [0.5, 0.6) is 0 Å². The summed E-state index contributed by atoms with van der Waals surface area (Å²) < 4.78 is 49.9. The molecule has 4 rings (SSSR count). The normalized spacial score (nSPS) is 20.4. The summed E-state index contributed by atoms with van der Waals surface area (Å²) in [7, 11) is -6.92. The highest BCUT2D eigenvalue weighted by molar-refractivity contribution is 7.86. The van der Waals surface area contributed by atoms with Crippen LogP contribution in [0.3, 0.4) is 0 Å². The molecule has 40 heavy (non-hydrogen) atoms. The third-order valence-electron chi connectivity index (χ3n) is 7.19. The Morgan fingerprint density at radius 2 is 1.43 bits per heavy atom. The second-order valence-electron chi connectivity index (χ2n) is 11.7. The van der Waals surface area contributed by atoms with Gasteiger partial charge in [0.2, 0.25) is 0 Å². The number of hydrogen-bond acceptors (Lipinski definition) is 7. The molecule has 1 saturated heterocycles. The first-order valence-electron chi connectivity index (χ1n) is 13.5. The van der Waals surface area contributed by atoms with Crippen LogP contribution in [-0.2, 0) is 28.2 Å². The molecule has 3 aromatic rings. The third kappa shape index (κ3) is 6.57. The molecule has 0 bridgehead atoms. The lowest BCUT2D eigenvalue weighted by atomic mass is 10.1. The summed E-state index contributed by atoms with van der Waals surface area (Å²) in [5.74, 6) is -1.04. The molecule has 0 amide bonds. The van der Waals surface area contributed by atoms with Gasteiger partial charge in [0.25, 0.3) is 18.4 Å². The number of benzene rings is 3. The number of aliphatic hydroxyl groups excluding tert-OH is 1. The molecule has 1 N–H and O–H groups in total. The monoisotopic (exact) mass is 584 g/mol.